The van der Waals surface area contributed by atoms with Gasteiger partial charge in [0, 0.05) is 25.6 Å². The van der Waals surface area contributed by atoms with E-state index in [9.17, 15) is 14.7 Å². The molecule has 0 radical (unpaired) electrons. The van der Waals surface area contributed by atoms with Crippen LogP contribution in [0.25, 0.3) is 0 Å². The topological polar surface area (TPSA) is 66.8 Å². The smallest absolute Gasteiger partial charge is 0.306 e. The molecule has 0 saturated heterocycles. The summed E-state index contributed by atoms with van der Waals surface area (Å²) in [7, 11) is 1.64. The highest BCUT2D eigenvalue weighted by atomic mass is 16.5. The summed E-state index contributed by atoms with van der Waals surface area (Å²) in [6, 6.07) is 0.220. The molecule has 1 aliphatic carbocycles. The Morgan fingerprint density at radius 3 is 2.38 bits per heavy atom. The van der Waals surface area contributed by atoms with E-state index in [-0.39, 0.29) is 23.8 Å². The van der Waals surface area contributed by atoms with Gasteiger partial charge in [0.05, 0.1) is 12.5 Å². The normalized spacial score (nSPS) is 22.3. The molecule has 0 aromatic carbocycles. The van der Waals surface area contributed by atoms with Crippen LogP contribution in [0.2, 0.25) is 0 Å². The van der Waals surface area contributed by atoms with E-state index in [1.807, 2.05) is 4.90 Å². The average molecular weight is 299 g/mol. The Morgan fingerprint density at radius 2 is 1.86 bits per heavy atom. The maximum atomic E-state index is 12.8. The number of ether oxygens (including phenoxy) is 1. The SMILES string of the molecule is CCC(CC)N(CCOC)C(=O)C1CCCC(C(=O)O)C1. The van der Waals surface area contributed by atoms with Gasteiger partial charge >= 0.3 is 5.97 Å². The number of carbonyl (C=O) groups excluding carboxylic acids is 1. The van der Waals surface area contributed by atoms with Crippen LogP contribution in [0.4, 0.5) is 0 Å². The molecule has 21 heavy (non-hydrogen) atoms. The second kappa shape index (κ2) is 9.03. The minimum atomic E-state index is -0.765. The molecule has 1 amide bonds. The summed E-state index contributed by atoms with van der Waals surface area (Å²) in [5, 5.41) is 9.17. The number of carboxylic acid groups (broad SMARTS) is 1. The fourth-order valence-corrected chi connectivity index (χ4v) is 3.26. The first-order chi connectivity index (χ1) is 10.0. The van der Waals surface area contributed by atoms with Crippen molar-refractivity contribution in [3.63, 3.8) is 0 Å². The van der Waals surface area contributed by atoms with Crippen LogP contribution in [0.3, 0.4) is 0 Å². The molecular weight excluding hydrogens is 270 g/mol. The highest BCUT2D eigenvalue weighted by molar-refractivity contribution is 5.80. The van der Waals surface area contributed by atoms with E-state index in [0.29, 0.717) is 26.0 Å². The third-order valence-corrected chi connectivity index (χ3v) is 4.58. The van der Waals surface area contributed by atoms with Crippen LogP contribution >= 0.6 is 0 Å². The zero-order valence-corrected chi connectivity index (χ0v) is 13.5. The van der Waals surface area contributed by atoms with Crippen LogP contribution in [0.5, 0.6) is 0 Å². The molecule has 0 bridgehead atoms. The minimum absolute atomic E-state index is 0.117. The molecule has 2 unspecified atom stereocenters. The van der Waals surface area contributed by atoms with Gasteiger partial charge in [-0.15, -0.1) is 0 Å². The third-order valence-electron chi connectivity index (χ3n) is 4.58. The highest BCUT2D eigenvalue weighted by Crippen LogP contribution is 2.31. The number of nitrogens with zero attached hydrogens (tertiary/aromatic N) is 1. The van der Waals surface area contributed by atoms with Gasteiger partial charge in [-0.3, -0.25) is 9.59 Å². The standard InChI is InChI=1S/C16H29NO4/c1-4-14(5-2)17(9-10-21-3)15(18)12-7-6-8-13(11-12)16(19)20/h12-14H,4-11H2,1-3H3,(H,19,20). The number of carbonyl (C=O) groups is 2. The predicted octanol–water partition coefficient (Wildman–Crippen LogP) is 2.54. The fraction of sp³-hybridized carbons (Fsp3) is 0.875. The van der Waals surface area contributed by atoms with E-state index in [2.05, 4.69) is 13.8 Å². The number of hydrogen-bond acceptors (Lipinski definition) is 3. The lowest BCUT2D eigenvalue weighted by Gasteiger charge is -2.35. The Hall–Kier alpha value is -1.10. The lowest BCUT2D eigenvalue weighted by Crippen LogP contribution is -2.46. The van der Waals surface area contributed by atoms with Gasteiger partial charge in [-0.25, -0.2) is 0 Å². The van der Waals surface area contributed by atoms with Gasteiger partial charge in [-0.05, 0) is 32.1 Å². The van der Waals surface area contributed by atoms with Crippen molar-refractivity contribution >= 4 is 11.9 Å². The van der Waals surface area contributed by atoms with Gasteiger partial charge < -0.3 is 14.7 Å². The van der Waals surface area contributed by atoms with Crippen LogP contribution in [0.15, 0.2) is 0 Å². The largest absolute Gasteiger partial charge is 0.481 e. The van der Waals surface area contributed by atoms with Crippen molar-refractivity contribution in [1.82, 2.24) is 4.90 Å². The van der Waals surface area contributed by atoms with Crippen molar-refractivity contribution in [1.29, 1.82) is 0 Å². The molecule has 1 N–H and O–H groups in total. The molecule has 0 aliphatic heterocycles. The second-order valence-electron chi connectivity index (χ2n) is 5.89. The highest BCUT2D eigenvalue weighted by Gasteiger charge is 2.34. The minimum Gasteiger partial charge on any atom is -0.481 e. The molecular formula is C16H29NO4. The molecule has 2 atom stereocenters. The molecule has 122 valence electrons. The first-order valence-electron chi connectivity index (χ1n) is 8.07. The summed E-state index contributed by atoms with van der Waals surface area (Å²) in [4.78, 5) is 25.9. The van der Waals surface area contributed by atoms with Crippen molar-refractivity contribution in [2.75, 3.05) is 20.3 Å². The maximum absolute atomic E-state index is 12.8. The Labute approximate surface area is 127 Å². The molecule has 0 aromatic heterocycles. The third kappa shape index (κ3) is 4.99. The first-order valence-corrected chi connectivity index (χ1v) is 8.07. The molecule has 1 fully saturated rings. The van der Waals surface area contributed by atoms with Gasteiger partial charge in [0.25, 0.3) is 0 Å². The van der Waals surface area contributed by atoms with Crippen molar-refractivity contribution in [2.24, 2.45) is 11.8 Å². The van der Waals surface area contributed by atoms with E-state index in [1.165, 1.54) is 0 Å². The Morgan fingerprint density at radius 1 is 1.24 bits per heavy atom. The van der Waals surface area contributed by atoms with Crippen LogP contribution in [0.1, 0.15) is 52.4 Å². The van der Waals surface area contributed by atoms with E-state index in [0.717, 1.165) is 25.7 Å². The molecule has 5 heteroatoms. The summed E-state index contributed by atoms with van der Waals surface area (Å²) in [6.45, 7) is 5.29. The summed E-state index contributed by atoms with van der Waals surface area (Å²) >= 11 is 0. The van der Waals surface area contributed by atoms with Crippen LogP contribution < -0.4 is 0 Å². The van der Waals surface area contributed by atoms with Crippen LogP contribution in [-0.2, 0) is 14.3 Å². The van der Waals surface area contributed by atoms with Gasteiger partial charge in [-0.2, -0.15) is 0 Å². The Balaban J connectivity index is 2.75. The number of aliphatic carboxylic acids is 1. The van der Waals surface area contributed by atoms with E-state index >= 15 is 0 Å². The summed E-state index contributed by atoms with van der Waals surface area (Å²) < 4.78 is 5.12. The molecule has 0 spiro atoms. The van der Waals surface area contributed by atoms with Gasteiger partial charge in [0.15, 0.2) is 0 Å². The monoisotopic (exact) mass is 299 g/mol. The summed E-state index contributed by atoms with van der Waals surface area (Å²) in [6.07, 6.45) is 4.66. The average Bonchev–Trinajstić information content (AvgIpc) is 2.51. The molecule has 1 saturated carbocycles. The van der Waals surface area contributed by atoms with Crippen LogP contribution in [-0.4, -0.2) is 48.2 Å². The van der Waals surface area contributed by atoms with E-state index < -0.39 is 5.97 Å². The predicted molar refractivity (Wildman–Crippen MR) is 81.0 cm³/mol. The van der Waals surface area contributed by atoms with Crippen molar-refractivity contribution in [2.45, 2.75) is 58.4 Å². The van der Waals surface area contributed by atoms with Gasteiger partial charge in [0.2, 0.25) is 5.91 Å². The molecule has 1 aliphatic rings. The number of carboxylic acids is 1. The number of rotatable bonds is 8. The van der Waals surface area contributed by atoms with Gasteiger partial charge in [-0.1, -0.05) is 20.3 Å². The first kappa shape index (κ1) is 18.0. The summed E-state index contributed by atoms with van der Waals surface area (Å²) in [5.41, 5.74) is 0. The quantitative estimate of drug-likeness (QED) is 0.748. The zero-order valence-electron chi connectivity index (χ0n) is 13.5. The van der Waals surface area contributed by atoms with E-state index in [1.54, 1.807) is 7.11 Å². The van der Waals surface area contributed by atoms with E-state index in [4.69, 9.17) is 4.74 Å². The van der Waals surface area contributed by atoms with Crippen molar-refractivity contribution in [3.05, 3.63) is 0 Å². The Kier molecular flexibility index (Phi) is 7.72. The van der Waals surface area contributed by atoms with Crippen molar-refractivity contribution < 1.29 is 19.4 Å². The molecule has 1 rings (SSSR count). The fourth-order valence-electron chi connectivity index (χ4n) is 3.26. The molecule has 0 heterocycles. The lowest BCUT2D eigenvalue weighted by molar-refractivity contribution is -0.146. The van der Waals surface area contributed by atoms with Gasteiger partial charge in [0.1, 0.15) is 0 Å². The molecule has 0 aromatic rings. The lowest BCUT2D eigenvalue weighted by atomic mass is 9.80. The van der Waals surface area contributed by atoms with Crippen molar-refractivity contribution in [3.8, 4) is 0 Å². The number of hydrogen-bond donors (Lipinski definition) is 1. The molecule has 5 nitrogen and oxygen atoms in total. The maximum Gasteiger partial charge on any atom is 0.306 e. The Bertz CT molecular complexity index is 341. The number of methoxy groups -OCH3 is 1. The summed E-state index contributed by atoms with van der Waals surface area (Å²) in [5.74, 6) is -1.15. The zero-order chi connectivity index (χ0) is 15.8. The second-order valence-corrected chi connectivity index (χ2v) is 5.89. The van der Waals surface area contributed by atoms with Crippen LogP contribution in [0, 0.1) is 11.8 Å². The number of amides is 1.